The maximum atomic E-state index is 5.77. The molecular weight excluding hydrogens is 132 g/mol. The van der Waals surface area contributed by atoms with E-state index >= 15 is 0 Å². The first-order chi connectivity index (χ1) is 4.06. The van der Waals surface area contributed by atoms with Gasteiger partial charge in [0.1, 0.15) is 0 Å². The molecule has 0 aliphatic carbocycles. The lowest BCUT2D eigenvalue weighted by molar-refractivity contribution is 0.531. The Labute approximate surface area is 61.6 Å². The largest absolute Gasteiger partial charge is 0.392 e. The van der Waals surface area contributed by atoms with Gasteiger partial charge in [0.15, 0.2) is 0 Å². The van der Waals surface area contributed by atoms with Crippen LogP contribution in [0, 0.1) is 0 Å². The number of hydrogen-bond acceptors (Lipinski definition) is 2. The molecule has 0 saturated carbocycles. The molecule has 0 spiro atoms. The summed E-state index contributed by atoms with van der Waals surface area (Å²) in [7, 11) is 0. The van der Waals surface area contributed by atoms with Crippen molar-refractivity contribution in [3.8, 4) is 0 Å². The molecule has 0 aliphatic rings. The van der Waals surface area contributed by atoms with Crippen molar-refractivity contribution in [2.75, 3.05) is 0 Å². The van der Waals surface area contributed by atoms with Gasteiger partial charge in [0.05, 0.1) is 10.5 Å². The van der Waals surface area contributed by atoms with Crippen LogP contribution in [-0.2, 0) is 0 Å². The highest BCUT2D eigenvalue weighted by Crippen LogP contribution is 2.10. The Hall–Kier alpha value is -0.150. The zero-order chi connectivity index (χ0) is 7.49. The summed E-state index contributed by atoms with van der Waals surface area (Å²) in [4.78, 5) is 0.424. The molecule has 3 heteroatoms. The van der Waals surface area contributed by atoms with E-state index in [4.69, 9.17) is 23.7 Å². The van der Waals surface area contributed by atoms with Crippen LogP contribution in [0.1, 0.15) is 26.7 Å². The summed E-state index contributed by atoms with van der Waals surface area (Å²) in [5.41, 5.74) is 10.8. The van der Waals surface area contributed by atoms with E-state index in [9.17, 15) is 0 Å². The molecule has 0 aliphatic heterocycles. The molecule has 54 valence electrons. The van der Waals surface area contributed by atoms with Crippen LogP contribution < -0.4 is 11.5 Å². The monoisotopic (exact) mass is 146 g/mol. The van der Waals surface area contributed by atoms with E-state index in [1.807, 2.05) is 13.8 Å². The molecule has 0 heterocycles. The fourth-order valence-corrected chi connectivity index (χ4v) is 0.887. The van der Waals surface area contributed by atoms with Crippen LogP contribution in [0.25, 0.3) is 0 Å². The molecule has 2 nitrogen and oxygen atoms in total. The van der Waals surface area contributed by atoms with Crippen molar-refractivity contribution in [1.82, 2.24) is 0 Å². The van der Waals surface area contributed by atoms with Gasteiger partial charge in [-0.3, -0.25) is 0 Å². The van der Waals surface area contributed by atoms with E-state index in [1.54, 1.807) is 0 Å². The van der Waals surface area contributed by atoms with Crippen molar-refractivity contribution in [2.24, 2.45) is 11.5 Å². The van der Waals surface area contributed by atoms with Crippen LogP contribution in [-0.4, -0.2) is 10.5 Å². The molecule has 0 atom stereocenters. The predicted molar refractivity (Wildman–Crippen MR) is 44.3 cm³/mol. The molecule has 0 fully saturated rings. The van der Waals surface area contributed by atoms with Crippen LogP contribution in [0.4, 0.5) is 0 Å². The van der Waals surface area contributed by atoms with E-state index in [0.717, 1.165) is 12.8 Å². The minimum absolute atomic E-state index is 0.407. The number of nitrogens with two attached hydrogens (primary N) is 2. The lowest BCUT2D eigenvalue weighted by atomic mass is 9.95. The van der Waals surface area contributed by atoms with Gasteiger partial charge in [0, 0.05) is 0 Å². The van der Waals surface area contributed by atoms with Gasteiger partial charge in [-0.25, -0.2) is 0 Å². The molecule has 0 aromatic heterocycles. The van der Waals surface area contributed by atoms with Gasteiger partial charge in [0.25, 0.3) is 0 Å². The fraction of sp³-hybridized carbons (Fsp3) is 0.833. The maximum absolute atomic E-state index is 5.77. The lowest BCUT2D eigenvalue weighted by Crippen LogP contribution is -2.49. The molecule has 0 saturated heterocycles. The Morgan fingerprint density at radius 1 is 1.44 bits per heavy atom. The molecular formula is C6H14N2S. The fourth-order valence-electron chi connectivity index (χ4n) is 0.598. The minimum atomic E-state index is -0.407. The summed E-state index contributed by atoms with van der Waals surface area (Å²) < 4.78 is 0. The molecule has 0 unspecified atom stereocenters. The van der Waals surface area contributed by atoms with Crippen molar-refractivity contribution in [3.63, 3.8) is 0 Å². The first kappa shape index (κ1) is 8.85. The van der Waals surface area contributed by atoms with Crippen LogP contribution in [0.3, 0.4) is 0 Å². The summed E-state index contributed by atoms with van der Waals surface area (Å²) in [6, 6.07) is 0. The second-order valence-electron chi connectivity index (χ2n) is 2.23. The van der Waals surface area contributed by atoms with Crippen molar-refractivity contribution >= 4 is 17.2 Å². The van der Waals surface area contributed by atoms with Crippen molar-refractivity contribution < 1.29 is 0 Å². The SMILES string of the molecule is CCC(N)(CC)C(N)=S. The van der Waals surface area contributed by atoms with E-state index in [0.29, 0.717) is 4.99 Å². The van der Waals surface area contributed by atoms with E-state index in [2.05, 4.69) is 0 Å². The van der Waals surface area contributed by atoms with Crippen LogP contribution in [0.5, 0.6) is 0 Å². The highest BCUT2D eigenvalue weighted by Gasteiger charge is 2.22. The first-order valence-corrected chi connectivity index (χ1v) is 3.56. The molecule has 0 amide bonds. The number of rotatable bonds is 3. The van der Waals surface area contributed by atoms with Gasteiger partial charge in [-0.1, -0.05) is 26.1 Å². The summed E-state index contributed by atoms with van der Waals surface area (Å²) in [5, 5.41) is 0. The Kier molecular flexibility index (Phi) is 3.08. The molecule has 4 N–H and O–H groups in total. The third-order valence-corrected chi connectivity index (χ3v) is 2.16. The molecule has 9 heavy (non-hydrogen) atoms. The van der Waals surface area contributed by atoms with E-state index in [1.165, 1.54) is 0 Å². The summed E-state index contributed by atoms with van der Waals surface area (Å²) in [5.74, 6) is 0. The van der Waals surface area contributed by atoms with Crippen molar-refractivity contribution in [2.45, 2.75) is 32.2 Å². The summed E-state index contributed by atoms with van der Waals surface area (Å²) >= 11 is 4.78. The summed E-state index contributed by atoms with van der Waals surface area (Å²) in [6.07, 6.45) is 1.64. The minimum Gasteiger partial charge on any atom is -0.392 e. The molecule has 0 rings (SSSR count). The number of hydrogen-bond donors (Lipinski definition) is 2. The molecule has 0 aromatic rings. The van der Waals surface area contributed by atoms with E-state index < -0.39 is 5.54 Å². The van der Waals surface area contributed by atoms with Crippen molar-refractivity contribution in [3.05, 3.63) is 0 Å². The smallest absolute Gasteiger partial charge is 0.0929 e. The zero-order valence-electron chi connectivity index (χ0n) is 5.98. The Morgan fingerprint density at radius 3 is 1.78 bits per heavy atom. The van der Waals surface area contributed by atoms with E-state index in [-0.39, 0.29) is 0 Å². The average Bonchev–Trinajstić information content (AvgIpc) is 1.86. The van der Waals surface area contributed by atoms with Crippen LogP contribution in [0.15, 0.2) is 0 Å². The lowest BCUT2D eigenvalue weighted by Gasteiger charge is -2.24. The third-order valence-electron chi connectivity index (χ3n) is 1.75. The molecule has 0 aromatic carbocycles. The van der Waals surface area contributed by atoms with Crippen LogP contribution in [0.2, 0.25) is 0 Å². The van der Waals surface area contributed by atoms with Gasteiger partial charge >= 0.3 is 0 Å². The second-order valence-corrected chi connectivity index (χ2v) is 2.67. The standard InChI is InChI=1S/C6H14N2S/c1-3-6(8,4-2)5(7)9/h3-4,8H2,1-2H3,(H2,7,9). The Bertz CT molecular complexity index is 108. The highest BCUT2D eigenvalue weighted by molar-refractivity contribution is 7.80. The van der Waals surface area contributed by atoms with Crippen LogP contribution >= 0.6 is 12.2 Å². The molecule has 0 radical (unpaired) electrons. The predicted octanol–water partition coefficient (Wildman–Crippen LogP) is 0.790. The quantitative estimate of drug-likeness (QED) is 0.579. The topological polar surface area (TPSA) is 52.0 Å². The van der Waals surface area contributed by atoms with Crippen molar-refractivity contribution in [1.29, 1.82) is 0 Å². The number of thiocarbonyl (C=S) groups is 1. The second kappa shape index (κ2) is 3.13. The van der Waals surface area contributed by atoms with Gasteiger partial charge < -0.3 is 11.5 Å². The van der Waals surface area contributed by atoms with Gasteiger partial charge in [-0.05, 0) is 12.8 Å². The first-order valence-electron chi connectivity index (χ1n) is 3.15. The maximum Gasteiger partial charge on any atom is 0.0929 e. The third kappa shape index (κ3) is 1.91. The Morgan fingerprint density at radius 2 is 1.78 bits per heavy atom. The normalized spacial score (nSPS) is 11.4. The zero-order valence-corrected chi connectivity index (χ0v) is 6.79. The van der Waals surface area contributed by atoms with Gasteiger partial charge in [0.2, 0.25) is 0 Å². The molecule has 0 bridgehead atoms. The summed E-state index contributed by atoms with van der Waals surface area (Å²) in [6.45, 7) is 3.98. The van der Waals surface area contributed by atoms with Gasteiger partial charge in [-0.15, -0.1) is 0 Å². The highest BCUT2D eigenvalue weighted by atomic mass is 32.1. The average molecular weight is 146 g/mol. The van der Waals surface area contributed by atoms with Gasteiger partial charge in [-0.2, -0.15) is 0 Å². The Balaban J connectivity index is 4.09.